The van der Waals surface area contributed by atoms with Gasteiger partial charge in [0.2, 0.25) is 0 Å². The van der Waals surface area contributed by atoms with Gasteiger partial charge in [0.1, 0.15) is 0 Å². The van der Waals surface area contributed by atoms with E-state index in [1.807, 2.05) is 0 Å². The van der Waals surface area contributed by atoms with Crippen molar-refractivity contribution in [3.8, 4) is 5.69 Å². The summed E-state index contributed by atoms with van der Waals surface area (Å²) in [5, 5.41) is 11.9. The van der Waals surface area contributed by atoms with Crippen molar-refractivity contribution in [2.45, 2.75) is 51.7 Å². The van der Waals surface area contributed by atoms with Crippen LogP contribution in [0, 0.1) is 6.92 Å². The average Bonchev–Trinajstić information content (AvgIpc) is 3.24. The molecule has 0 unspecified atom stereocenters. The van der Waals surface area contributed by atoms with Gasteiger partial charge in [-0.2, -0.15) is 9.90 Å². The molecule has 3 rings (SSSR count). The average molecular weight is 377 g/mol. The summed E-state index contributed by atoms with van der Waals surface area (Å²) in [6.07, 6.45) is 3.29. The van der Waals surface area contributed by atoms with Crippen molar-refractivity contribution in [2.75, 3.05) is 0 Å². The van der Waals surface area contributed by atoms with E-state index in [9.17, 15) is 9.59 Å². The third-order valence-corrected chi connectivity index (χ3v) is 4.60. The minimum absolute atomic E-state index is 0.0745. The number of esters is 1. The fourth-order valence-corrected chi connectivity index (χ4v) is 3.13. The second-order valence-electron chi connectivity index (χ2n) is 6.44. The summed E-state index contributed by atoms with van der Waals surface area (Å²) in [4.78, 5) is 25.9. The van der Waals surface area contributed by atoms with Crippen molar-refractivity contribution < 1.29 is 14.3 Å². The predicted octanol–water partition coefficient (Wildman–Crippen LogP) is 2.83. The second-order valence-corrected chi connectivity index (χ2v) is 6.88. The fraction of sp³-hybridized carbons (Fsp3) is 0.444. The zero-order chi connectivity index (χ0) is 18.7. The van der Waals surface area contributed by atoms with E-state index >= 15 is 0 Å². The Balaban J connectivity index is 1.66. The lowest BCUT2D eigenvalue weighted by Crippen LogP contribution is -2.41. The number of aryl methyl sites for hydroxylation is 1. The normalized spacial score (nSPS) is 15.7. The molecule has 1 saturated carbocycles. The summed E-state index contributed by atoms with van der Waals surface area (Å²) in [6, 6.07) is 7.14. The first-order valence-corrected chi connectivity index (χ1v) is 9.03. The molecule has 1 aliphatic carbocycles. The maximum atomic E-state index is 12.4. The molecule has 0 spiro atoms. The number of nitrogens with one attached hydrogen (secondary N) is 1. The summed E-state index contributed by atoms with van der Waals surface area (Å²) < 4.78 is 5.27. The number of nitrogens with zero attached hydrogens (tertiary/aromatic N) is 3. The number of hydrogen-bond acceptors (Lipinski definition) is 5. The van der Waals surface area contributed by atoms with Crippen LogP contribution in [0.5, 0.6) is 0 Å². The predicted molar refractivity (Wildman–Crippen MR) is 96.4 cm³/mol. The highest BCUT2D eigenvalue weighted by Crippen LogP contribution is 2.18. The first-order chi connectivity index (χ1) is 12.4. The summed E-state index contributed by atoms with van der Waals surface area (Å²) in [5.74, 6) is -0.963. The number of carbonyl (C=O) groups is 2. The quantitative estimate of drug-likeness (QED) is 0.811. The highest BCUT2D eigenvalue weighted by Gasteiger charge is 2.26. The first-order valence-electron chi connectivity index (χ1n) is 8.65. The van der Waals surface area contributed by atoms with E-state index in [0.717, 1.165) is 25.7 Å². The minimum atomic E-state index is -0.890. The maximum Gasteiger partial charge on any atom is 0.361 e. The Morgan fingerprint density at radius 1 is 1.31 bits per heavy atom. The van der Waals surface area contributed by atoms with Gasteiger partial charge in [0.15, 0.2) is 11.8 Å². The Morgan fingerprint density at radius 3 is 2.73 bits per heavy atom. The van der Waals surface area contributed by atoms with Gasteiger partial charge in [-0.15, -0.1) is 5.10 Å². The highest BCUT2D eigenvalue weighted by atomic mass is 35.5. The Morgan fingerprint density at radius 2 is 2.04 bits per heavy atom. The van der Waals surface area contributed by atoms with E-state index in [-0.39, 0.29) is 17.6 Å². The Hall–Kier alpha value is -2.41. The number of carbonyl (C=O) groups excluding carboxylic acids is 2. The van der Waals surface area contributed by atoms with Gasteiger partial charge in [-0.3, -0.25) is 4.79 Å². The number of halogens is 1. The number of aromatic nitrogens is 3. The number of benzene rings is 1. The molecule has 26 heavy (non-hydrogen) atoms. The Bertz CT molecular complexity index is 815. The summed E-state index contributed by atoms with van der Waals surface area (Å²) in [6.45, 7) is 3.22. The van der Waals surface area contributed by atoms with Crippen LogP contribution in [0.15, 0.2) is 24.3 Å². The van der Waals surface area contributed by atoms with E-state index in [2.05, 4.69) is 15.5 Å². The van der Waals surface area contributed by atoms with Gasteiger partial charge in [-0.05, 0) is 44.9 Å². The van der Waals surface area contributed by atoms with Gasteiger partial charge in [-0.25, -0.2) is 4.79 Å². The number of hydrogen-bond donors (Lipinski definition) is 1. The standard InChI is InChI=1S/C18H21ClN4O3/c1-11-16(22-23(21-11)15-9-5-6-13(19)10-15)18(25)26-12(2)17(24)20-14-7-3-4-8-14/h5-6,9-10,12,14H,3-4,7-8H2,1-2H3,(H,20,24)/t12-/m1/s1. The molecule has 138 valence electrons. The van der Waals surface area contributed by atoms with E-state index in [1.54, 1.807) is 38.1 Å². The molecule has 1 aromatic heterocycles. The molecule has 0 aliphatic heterocycles. The molecule has 1 N–H and O–H groups in total. The zero-order valence-electron chi connectivity index (χ0n) is 14.7. The molecule has 8 heteroatoms. The van der Waals surface area contributed by atoms with Crippen LogP contribution < -0.4 is 5.32 Å². The minimum Gasteiger partial charge on any atom is -0.448 e. The Kier molecular flexibility index (Phi) is 5.56. The van der Waals surface area contributed by atoms with Crippen LogP contribution in [0.1, 0.15) is 48.8 Å². The lowest BCUT2D eigenvalue weighted by molar-refractivity contribution is -0.129. The third kappa shape index (κ3) is 4.22. The van der Waals surface area contributed by atoms with E-state index in [1.165, 1.54) is 4.80 Å². The molecule has 1 amide bonds. The molecule has 1 fully saturated rings. The summed E-state index contributed by atoms with van der Waals surface area (Å²) >= 11 is 5.97. The summed E-state index contributed by atoms with van der Waals surface area (Å²) in [5.41, 5.74) is 1.12. The molecule has 0 radical (unpaired) electrons. The number of amides is 1. The van der Waals surface area contributed by atoms with Gasteiger partial charge < -0.3 is 10.1 Å². The van der Waals surface area contributed by atoms with Gasteiger partial charge in [-0.1, -0.05) is 30.5 Å². The summed E-state index contributed by atoms with van der Waals surface area (Å²) in [7, 11) is 0. The van der Waals surface area contributed by atoms with Crippen molar-refractivity contribution in [3.05, 3.63) is 40.7 Å². The smallest absolute Gasteiger partial charge is 0.361 e. The molecule has 1 aliphatic rings. The number of ether oxygens (including phenoxy) is 1. The van der Waals surface area contributed by atoms with Crippen LogP contribution >= 0.6 is 11.6 Å². The molecule has 2 aromatic rings. The van der Waals surface area contributed by atoms with Gasteiger partial charge in [0.25, 0.3) is 5.91 Å². The second kappa shape index (κ2) is 7.86. The van der Waals surface area contributed by atoms with Crippen molar-refractivity contribution in [1.82, 2.24) is 20.3 Å². The topological polar surface area (TPSA) is 86.1 Å². The lowest BCUT2D eigenvalue weighted by Gasteiger charge is -2.16. The SMILES string of the molecule is Cc1nn(-c2cccc(Cl)c2)nc1C(=O)O[C@H](C)C(=O)NC1CCCC1. The molecule has 0 saturated heterocycles. The zero-order valence-corrected chi connectivity index (χ0v) is 15.5. The van der Waals surface area contributed by atoms with Crippen LogP contribution in [-0.2, 0) is 9.53 Å². The first kappa shape index (κ1) is 18.4. The third-order valence-electron chi connectivity index (χ3n) is 4.37. The van der Waals surface area contributed by atoms with E-state index < -0.39 is 12.1 Å². The van der Waals surface area contributed by atoms with Crippen LogP contribution in [0.25, 0.3) is 5.69 Å². The van der Waals surface area contributed by atoms with Crippen LogP contribution in [-0.4, -0.2) is 39.0 Å². The monoisotopic (exact) mass is 376 g/mol. The van der Waals surface area contributed by atoms with E-state index in [4.69, 9.17) is 16.3 Å². The van der Waals surface area contributed by atoms with Crippen LogP contribution in [0.4, 0.5) is 0 Å². The maximum absolute atomic E-state index is 12.4. The molecule has 1 heterocycles. The van der Waals surface area contributed by atoms with Gasteiger partial charge in [0.05, 0.1) is 11.4 Å². The van der Waals surface area contributed by atoms with Crippen molar-refractivity contribution in [3.63, 3.8) is 0 Å². The molecule has 1 atom stereocenters. The highest BCUT2D eigenvalue weighted by molar-refractivity contribution is 6.30. The fourth-order valence-electron chi connectivity index (χ4n) is 2.94. The van der Waals surface area contributed by atoms with Gasteiger partial charge >= 0.3 is 5.97 Å². The number of rotatable bonds is 5. The van der Waals surface area contributed by atoms with Crippen molar-refractivity contribution >= 4 is 23.5 Å². The van der Waals surface area contributed by atoms with Gasteiger partial charge in [0, 0.05) is 11.1 Å². The lowest BCUT2D eigenvalue weighted by atomic mass is 10.2. The largest absolute Gasteiger partial charge is 0.448 e. The Labute approximate surface area is 156 Å². The molecular weight excluding hydrogens is 356 g/mol. The molecule has 1 aromatic carbocycles. The molecule has 7 nitrogen and oxygen atoms in total. The van der Waals surface area contributed by atoms with Crippen LogP contribution in [0.3, 0.4) is 0 Å². The van der Waals surface area contributed by atoms with E-state index in [0.29, 0.717) is 16.4 Å². The van der Waals surface area contributed by atoms with Crippen LogP contribution in [0.2, 0.25) is 5.02 Å². The van der Waals surface area contributed by atoms with Crippen molar-refractivity contribution in [2.24, 2.45) is 0 Å². The van der Waals surface area contributed by atoms with Crippen molar-refractivity contribution in [1.29, 1.82) is 0 Å². The molecular formula is C18H21ClN4O3. The molecule has 0 bridgehead atoms.